The number of amides is 1. The molecule has 1 amide bonds. The highest BCUT2D eigenvalue weighted by Crippen LogP contribution is 2.22. The highest BCUT2D eigenvalue weighted by atomic mass is 16.6. The monoisotopic (exact) mass is 278 g/mol. The standard InChI is InChI=1S/C13H14N2O5/c1-3-4-13(17)20-8-12(16)14-10-6-5-9(2)11(7-10)15(18)19/h3-7H,8H2,1-2H3,(H,14,16)/b4-3+. The van der Waals surface area contributed by atoms with Crippen molar-refractivity contribution in [2.75, 3.05) is 11.9 Å². The van der Waals surface area contributed by atoms with Crippen molar-refractivity contribution in [1.29, 1.82) is 0 Å². The Morgan fingerprint density at radius 2 is 2.15 bits per heavy atom. The van der Waals surface area contributed by atoms with Crippen LogP contribution in [-0.2, 0) is 14.3 Å². The molecule has 0 spiro atoms. The number of nitro groups is 1. The highest BCUT2D eigenvalue weighted by Gasteiger charge is 2.12. The van der Waals surface area contributed by atoms with Gasteiger partial charge in [0.05, 0.1) is 4.92 Å². The number of carbonyl (C=O) groups excluding carboxylic acids is 2. The molecule has 20 heavy (non-hydrogen) atoms. The summed E-state index contributed by atoms with van der Waals surface area (Å²) in [4.78, 5) is 32.7. The molecular weight excluding hydrogens is 264 g/mol. The van der Waals surface area contributed by atoms with E-state index in [1.807, 2.05) is 0 Å². The average molecular weight is 278 g/mol. The molecule has 0 unspecified atom stereocenters. The summed E-state index contributed by atoms with van der Waals surface area (Å²) < 4.78 is 4.65. The second-order valence-electron chi connectivity index (χ2n) is 3.91. The summed E-state index contributed by atoms with van der Waals surface area (Å²) in [5, 5.41) is 13.2. The Balaban J connectivity index is 2.65. The third-order valence-electron chi connectivity index (χ3n) is 2.34. The molecule has 0 heterocycles. The summed E-state index contributed by atoms with van der Waals surface area (Å²) in [6.07, 6.45) is 2.67. The van der Waals surface area contributed by atoms with Crippen molar-refractivity contribution < 1.29 is 19.2 Å². The number of carbonyl (C=O) groups is 2. The molecule has 0 aromatic heterocycles. The van der Waals surface area contributed by atoms with Crippen LogP contribution in [0.5, 0.6) is 0 Å². The number of nitrogens with one attached hydrogen (secondary N) is 1. The number of nitrogens with zero attached hydrogens (tertiary/aromatic N) is 1. The zero-order valence-corrected chi connectivity index (χ0v) is 11.1. The molecule has 0 saturated heterocycles. The minimum atomic E-state index is -0.627. The van der Waals surface area contributed by atoms with Crippen LogP contribution in [0.15, 0.2) is 30.4 Å². The Morgan fingerprint density at radius 1 is 1.45 bits per heavy atom. The summed E-state index contributed by atoms with van der Waals surface area (Å²) in [5.74, 6) is -1.20. The van der Waals surface area contributed by atoms with Gasteiger partial charge in [0.15, 0.2) is 6.61 Å². The molecule has 0 saturated carbocycles. The van der Waals surface area contributed by atoms with Gasteiger partial charge in [-0.2, -0.15) is 0 Å². The molecule has 0 atom stereocenters. The summed E-state index contributed by atoms with van der Waals surface area (Å²) >= 11 is 0. The number of aryl methyl sites for hydroxylation is 1. The fourth-order valence-electron chi connectivity index (χ4n) is 1.40. The van der Waals surface area contributed by atoms with Crippen LogP contribution in [0.2, 0.25) is 0 Å². The van der Waals surface area contributed by atoms with Crippen molar-refractivity contribution >= 4 is 23.3 Å². The Kier molecular flexibility index (Phi) is 5.40. The maximum atomic E-state index is 11.5. The normalized spacial score (nSPS) is 10.3. The van der Waals surface area contributed by atoms with Gasteiger partial charge in [0.25, 0.3) is 11.6 Å². The Morgan fingerprint density at radius 3 is 2.75 bits per heavy atom. The number of benzene rings is 1. The average Bonchev–Trinajstić information content (AvgIpc) is 2.39. The van der Waals surface area contributed by atoms with Gasteiger partial charge in [0.1, 0.15) is 0 Å². The third kappa shape index (κ3) is 4.52. The minimum Gasteiger partial charge on any atom is -0.452 e. The van der Waals surface area contributed by atoms with E-state index in [1.54, 1.807) is 13.8 Å². The first-order valence-corrected chi connectivity index (χ1v) is 5.78. The van der Waals surface area contributed by atoms with E-state index < -0.39 is 23.4 Å². The summed E-state index contributed by atoms with van der Waals surface area (Å²) in [7, 11) is 0. The molecule has 1 rings (SSSR count). The van der Waals surface area contributed by atoms with Crippen LogP contribution in [0.3, 0.4) is 0 Å². The first-order chi connectivity index (χ1) is 9.43. The van der Waals surface area contributed by atoms with Crippen LogP contribution in [0, 0.1) is 17.0 Å². The molecule has 7 heteroatoms. The van der Waals surface area contributed by atoms with Gasteiger partial charge in [-0.3, -0.25) is 14.9 Å². The van der Waals surface area contributed by atoms with E-state index in [9.17, 15) is 19.7 Å². The highest BCUT2D eigenvalue weighted by molar-refractivity contribution is 5.94. The van der Waals surface area contributed by atoms with Crippen molar-refractivity contribution in [3.63, 3.8) is 0 Å². The minimum absolute atomic E-state index is 0.0892. The van der Waals surface area contributed by atoms with Crippen molar-refractivity contribution in [3.8, 4) is 0 Å². The number of esters is 1. The van der Waals surface area contributed by atoms with Gasteiger partial charge in [-0.1, -0.05) is 12.1 Å². The number of rotatable bonds is 5. The smallest absolute Gasteiger partial charge is 0.330 e. The Bertz CT molecular complexity index is 566. The lowest BCUT2D eigenvalue weighted by molar-refractivity contribution is -0.385. The molecule has 106 valence electrons. The quantitative estimate of drug-likeness (QED) is 0.384. The lowest BCUT2D eigenvalue weighted by Crippen LogP contribution is -2.20. The molecule has 1 aromatic rings. The molecule has 0 fully saturated rings. The topological polar surface area (TPSA) is 98.5 Å². The lowest BCUT2D eigenvalue weighted by Gasteiger charge is -2.06. The van der Waals surface area contributed by atoms with Gasteiger partial charge >= 0.3 is 5.97 Å². The number of anilines is 1. The van der Waals surface area contributed by atoms with E-state index >= 15 is 0 Å². The van der Waals surface area contributed by atoms with Crippen molar-refractivity contribution in [3.05, 3.63) is 46.0 Å². The fraction of sp³-hybridized carbons (Fsp3) is 0.231. The number of hydrogen-bond donors (Lipinski definition) is 1. The van der Waals surface area contributed by atoms with Crippen LogP contribution >= 0.6 is 0 Å². The third-order valence-corrected chi connectivity index (χ3v) is 2.34. The van der Waals surface area contributed by atoms with Crippen LogP contribution in [-0.4, -0.2) is 23.4 Å². The van der Waals surface area contributed by atoms with Crippen LogP contribution < -0.4 is 5.32 Å². The summed E-state index contributed by atoms with van der Waals surface area (Å²) in [6, 6.07) is 4.31. The van der Waals surface area contributed by atoms with Crippen LogP contribution in [0.4, 0.5) is 11.4 Å². The van der Waals surface area contributed by atoms with Gasteiger partial charge in [-0.05, 0) is 19.9 Å². The molecule has 7 nitrogen and oxygen atoms in total. The van der Waals surface area contributed by atoms with Crippen molar-refractivity contribution in [2.24, 2.45) is 0 Å². The first-order valence-electron chi connectivity index (χ1n) is 5.78. The predicted octanol–water partition coefficient (Wildman–Crippen LogP) is 1.96. The van der Waals surface area contributed by atoms with E-state index in [2.05, 4.69) is 10.1 Å². The molecule has 0 bridgehead atoms. The van der Waals surface area contributed by atoms with E-state index in [4.69, 9.17) is 0 Å². The molecular formula is C13H14N2O5. The van der Waals surface area contributed by atoms with Crippen LogP contribution in [0.25, 0.3) is 0 Å². The number of hydrogen-bond acceptors (Lipinski definition) is 5. The van der Waals surface area contributed by atoms with Gasteiger partial charge in [0.2, 0.25) is 0 Å². The maximum Gasteiger partial charge on any atom is 0.330 e. The maximum absolute atomic E-state index is 11.5. The van der Waals surface area contributed by atoms with Crippen LogP contribution in [0.1, 0.15) is 12.5 Å². The molecule has 1 aromatic carbocycles. The summed E-state index contributed by atoms with van der Waals surface area (Å²) in [5.41, 5.74) is 0.676. The zero-order valence-electron chi connectivity index (χ0n) is 11.1. The van der Waals surface area contributed by atoms with Gasteiger partial charge < -0.3 is 10.1 Å². The summed E-state index contributed by atoms with van der Waals surface area (Å²) in [6.45, 7) is 2.79. The second kappa shape index (κ2) is 7.03. The van der Waals surface area contributed by atoms with Gasteiger partial charge in [-0.15, -0.1) is 0 Å². The van der Waals surface area contributed by atoms with Gasteiger partial charge in [-0.25, -0.2) is 4.79 Å². The number of nitro benzene ring substituents is 1. The number of ether oxygens (including phenoxy) is 1. The fourth-order valence-corrected chi connectivity index (χ4v) is 1.40. The molecule has 1 N–H and O–H groups in total. The predicted molar refractivity (Wildman–Crippen MR) is 72.2 cm³/mol. The Labute approximate surface area is 115 Å². The molecule has 0 aliphatic rings. The van der Waals surface area contributed by atoms with E-state index in [0.717, 1.165) is 0 Å². The van der Waals surface area contributed by atoms with E-state index in [0.29, 0.717) is 5.56 Å². The molecule has 0 aliphatic carbocycles. The van der Waals surface area contributed by atoms with Crippen molar-refractivity contribution in [2.45, 2.75) is 13.8 Å². The first kappa shape index (κ1) is 15.4. The SMILES string of the molecule is C/C=C/C(=O)OCC(=O)Nc1ccc(C)c([N+](=O)[O-])c1. The van der Waals surface area contributed by atoms with E-state index in [-0.39, 0.29) is 11.4 Å². The second-order valence-corrected chi connectivity index (χ2v) is 3.91. The zero-order chi connectivity index (χ0) is 15.1. The molecule has 0 radical (unpaired) electrons. The largest absolute Gasteiger partial charge is 0.452 e. The van der Waals surface area contributed by atoms with E-state index in [1.165, 1.54) is 30.4 Å². The van der Waals surface area contributed by atoms with Crippen molar-refractivity contribution in [1.82, 2.24) is 0 Å². The van der Waals surface area contributed by atoms with Gasteiger partial charge in [0, 0.05) is 23.4 Å². The number of allylic oxidation sites excluding steroid dienone is 1. The Hall–Kier alpha value is -2.70. The molecule has 0 aliphatic heterocycles. The lowest BCUT2D eigenvalue weighted by atomic mass is 10.2.